The molecule has 2 aromatic rings. The predicted octanol–water partition coefficient (Wildman–Crippen LogP) is 2.83. The van der Waals surface area contributed by atoms with Gasteiger partial charge < -0.3 is 10.6 Å². The zero-order valence-corrected chi connectivity index (χ0v) is 12.3. The highest BCUT2D eigenvalue weighted by molar-refractivity contribution is 9.10. The second-order valence-corrected chi connectivity index (χ2v) is 6.44. The molecule has 2 aromatic heterocycles. The van der Waals surface area contributed by atoms with E-state index in [2.05, 4.69) is 48.5 Å². The van der Waals surface area contributed by atoms with E-state index < -0.39 is 0 Å². The van der Waals surface area contributed by atoms with Gasteiger partial charge in [0.05, 0.1) is 10.6 Å². The summed E-state index contributed by atoms with van der Waals surface area (Å²) < 4.78 is 1.11. The summed E-state index contributed by atoms with van der Waals surface area (Å²) in [6, 6.07) is 4.48. The first-order chi connectivity index (χ1) is 8.72. The molecule has 1 unspecified atom stereocenters. The third kappa shape index (κ3) is 2.46. The van der Waals surface area contributed by atoms with E-state index in [1.807, 2.05) is 0 Å². The molecule has 1 fully saturated rings. The Kier molecular flexibility index (Phi) is 3.41. The summed E-state index contributed by atoms with van der Waals surface area (Å²) in [6.07, 6.45) is 2.26. The largest absolute Gasteiger partial charge is 0.354 e. The molecule has 1 aliphatic heterocycles. The topological polar surface area (TPSA) is 57.9 Å². The molecule has 0 bridgehead atoms. The number of aromatic nitrogens is 2. The molecule has 3 N–H and O–H groups in total. The van der Waals surface area contributed by atoms with Crippen LogP contribution < -0.4 is 10.6 Å². The van der Waals surface area contributed by atoms with Crippen LogP contribution in [-0.4, -0.2) is 29.3 Å². The lowest BCUT2D eigenvalue weighted by atomic mass is 10.1. The number of thiophene rings is 1. The van der Waals surface area contributed by atoms with Crippen LogP contribution in [0.15, 0.2) is 22.0 Å². The van der Waals surface area contributed by atoms with Gasteiger partial charge >= 0.3 is 0 Å². The highest BCUT2D eigenvalue weighted by Crippen LogP contribution is 2.30. The molecule has 0 aliphatic carbocycles. The van der Waals surface area contributed by atoms with Crippen molar-refractivity contribution in [2.75, 3.05) is 18.0 Å². The number of aromatic amines is 1. The van der Waals surface area contributed by atoms with Crippen molar-refractivity contribution in [3.05, 3.63) is 22.0 Å². The fourth-order valence-corrected chi connectivity index (χ4v) is 3.67. The minimum Gasteiger partial charge on any atom is -0.354 e. The van der Waals surface area contributed by atoms with Gasteiger partial charge in [0.15, 0.2) is 5.82 Å². The van der Waals surface area contributed by atoms with Gasteiger partial charge in [-0.25, -0.2) is 0 Å². The van der Waals surface area contributed by atoms with Crippen LogP contribution in [0, 0.1) is 0 Å². The van der Waals surface area contributed by atoms with Crippen molar-refractivity contribution in [1.82, 2.24) is 10.2 Å². The third-order valence-corrected chi connectivity index (χ3v) is 4.90. The fraction of sp³-hybridized carbons (Fsp3) is 0.417. The summed E-state index contributed by atoms with van der Waals surface area (Å²) in [5.41, 5.74) is 7.07. The lowest BCUT2D eigenvalue weighted by Crippen LogP contribution is -2.43. The molecular weight excluding hydrogens is 312 g/mol. The summed E-state index contributed by atoms with van der Waals surface area (Å²) in [5, 5.41) is 9.58. The molecule has 0 spiro atoms. The molecule has 0 aromatic carbocycles. The summed E-state index contributed by atoms with van der Waals surface area (Å²) in [4.78, 5) is 3.46. The molecule has 0 amide bonds. The van der Waals surface area contributed by atoms with Gasteiger partial charge in [-0.1, -0.05) is 0 Å². The molecule has 96 valence electrons. The first-order valence-corrected chi connectivity index (χ1v) is 7.70. The quantitative estimate of drug-likeness (QED) is 0.892. The predicted molar refractivity (Wildman–Crippen MR) is 79.0 cm³/mol. The van der Waals surface area contributed by atoms with Gasteiger partial charge in [0, 0.05) is 35.1 Å². The van der Waals surface area contributed by atoms with E-state index in [0.29, 0.717) is 0 Å². The number of H-pyrrole nitrogens is 1. The molecule has 6 heteroatoms. The Morgan fingerprint density at radius 3 is 3.11 bits per heavy atom. The maximum atomic E-state index is 6.00. The SMILES string of the molecule is NC1CCCN(c2cc(-c3cc(Br)cs3)[nH]n2)C1. The standard InChI is InChI=1S/C12H15BrN4S/c13-8-4-11(18-7-8)10-5-12(16-15-10)17-3-1-2-9(14)6-17/h4-5,7,9H,1-3,6,14H2,(H,15,16). The maximum absolute atomic E-state index is 6.00. The zero-order chi connectivity index (χ0) is 12.5. The number of nitrogens with zero attached hydrogens (tertiary/aromatic N) is 2. The maximum Gasteiger partial charge on any atom is 0.151 e. The molecular formula is C12H15BrN4S. The summed E-state index contributed by atoms with van der Waals surface area (Å²) in [6.45, 7) is 1.95. The Labute approximate surface area is 118 Å². The van der Waals surface area contributed by atoms with Crippen molar-refractivity contribution in [1.29, 1.82) is 0 Å². The average molecular weight is 327 g/mol. The Morgan fingerprint density at radius 1 is 1.50 bits per heavy atom. The number of halogens is 1. The number of hydrogen-bond donors (Lipinski definition) is 2. The van der Waals surface area contributed by atoms with Gasteiger partial charge in [0.25, 0.3) is 0 Å². The van der Waals surface area contributed by atoms with Crippen LogP contribution in [0.4, 0.5) is 5.82 Å². The van der Waals surface area contributed by atoms with E-state index in [1.165, 1.54) is 4.88 Å². The van der Waals surface area contributed by atoms with Crippen LogP contribution in [0.2, 0.25) is 0 Å². The molecule has 1 saturated heterocycles. The van der Waals surface area contributed by atoms with Crippen molar-refractivity contribution in [2.45, 2.75) is 18.9 Å². The average Bonchev–Trinajstić information content (AvgIpc) is 2.97. The molecule has 3 rings (SSSR count). The van der Waals surface area contributed by atoms with Gasteiger partial charge in [0.2, 0.25) is 0 Å². The normalized spacial score (nSPS) is 20.3. The molecule has 18 heavy (non-hydrogen) atoms. The van der Waals surface area contributed by atoms with Crippen LogP contribution >= 0.6 is 27.3 Å². The van der Waals surface area contributed by atoms with E-state index in [1.54, 1.807) is 11.3 Å². The summed E-state index contributed by atoms with van der Waals surface area (Å²) >= 11 is 5.17. The number of piperidine rings is 1. The van der Waals surface area contributed by atoms with Gasteiger partial charge in [-0.15, -0.1) is 11.3 Å². The number of nitrogens with two attached hydrogens (primary N) is 1. The summed E-state index contributed by atoms with van der Waals surface area (Å²) in [7, 11) is 0. The summed E-state index contributed by atoms with van der Waals surface area (Å²) in [5.74, 6) is 1.00. The van der Waals surface area contributed by atoms with E-state index in [-0.39, 0.29) is 6.04 Å². The van der Waals surface area contributed by atoms with Crippen molar-refractivity contribution in [3.8, 4) is 10.6 Å². The first-order valence-electron chi connectivity index (χ1n) is 6.03. The second-order valence-electron chi connectivity index (χ2n) is 4.62. The molecule has 1 atom stereocenters. The van der Waals surface area contributed by atoms with Crippen LogP contribution in [-0.2, 0) is 0 Å². The monoisotopic (exact) mass is 326 g/mol. The lowest BCUT2D eigenvalue weighted by Gasteiger charge is -2.30. The highest BCUT2D eigenvalue weighted by Gasteiger charge is 2.19. The zero-order valence-electron chi connectivity index (χ0n) is 9.90. The number of rotatable bonds is 2. The molecule has 1 aliphatic rings. The highest BCUT2D eigenvalue weighted by atomic mass is 79.9. The second kappa shape index (κ2) is 5.03. The van der Waals surface area contributed by atoms with Gasteiger partial charge in [-0.3, -0.25) is 5.10 Å². The van der Waals surface area contributed by atoms with Gasteiger partial charge in [-0.05, 0) is 34.8 Å². The fourth-order valence-electron chi connectivity index (χ4n) is 2.27. The number of nitrogens with one attached hydrogen (secondary N) is 1. The Hall–Kier alpha value is -0.850. The Balaban J connectivity index is 1.80. The van der Waals surface area contributed by atoms with Crippen LogP contribution in [0.3, 0.4) is 0 Å². The van der Waals surface area contributed by atoms with E-state index in [4.69, 9.17) is 5.73 Å². The van der Waals surface area contributed by atoms with Crippen molar-refractivity contribution >= 4 is 33.1 Å². The number of anilines is 1. The smallest absolute Gasteiger partial charge is 0.151 e. The molecule has 0 radical (unpaired) electrons. The molecule has 0 saturated carbocycles. The van der Waals surface area contributed by atoms with E-state index in [9.17, 15) is 0 Å². The molecule has 3 heterocycles. The van der Waals surface area contributed by atoms with E-state index >= 15 is 0 Å². The van der Waals surface area contributed by atoms with Crippen LogP contribution in [0.25, 0.3) is 10.6 Å². The van der Waals surface area contributed by atoms with Crippen molar-refractivity contribution < 1.29 is 0 Å². The molecule has 4 nitrogen and oxygen atoms in total. The van der Waals surface area contributed by atoms with Crippen LogP contribution in [0.5, 0.6) is 0 Å². The first kappa shape index (κ1) is 12.2. The Morgan fingerprint density at radius 2 is 2.39 bits per heavy atom. The minimum absolute atomic E-state index is 0.273. The van der Waals surface area contributed by atoms with Crippen LogP contribution in [0.1, 0.15) is 12.8 Å². The van der Waals surface area contributed by atoms with Gasteiger partial charge in [0.1, 0.15) is 0 Å². The van der Waals surface area contributed by atoms with E-state index in [0.717, 1.165) is 41.9 Å². The number of hydrogen-bond acceptors (Lipinski definition) is 4. The Bertz CT molecular complexity index is 536. The minimum atomic E-state index is 0.273. The van der Waals surface area contributed by atoms with Crippen molar-refractivity contribution in [2.24, 2.45) is 5.73 Å². The van der Waals surface area contributed by atoms with Gasteiger partial charge in [-0.2, -0.15) is 5.10 Å². The third-order valence-electron chi connectivity index (χ3n) is 3.18. The lowest BCUT2D eigenvalue weighted by molar-refractivity contribution is 0.503. The van der Waals surface area contributed by atoms with Crippen molar-refractivity contribution in [3.63, 3.8) is 0 Å².